The van der Waals surface area contributed by atoms with Crippen LogP contribution in [0.25, 0.3) is 11.3 Å². The van der Waals surface area contributed by atoms with Gasteiger partial charge in [-0.3, -0.25) is 4.79 Å². The molecule has 0 bridgehead atoms. The van der Waals surface area contributed by atoms with Crippen LogP contribution in [0.3, 0.4) is 0 Å². The maximum absolute atomic E-state index is 12.3. The number of esters is 1. The molecule has 1 saturated heterocycles. The second-order valence-electron chi connectivity index (χ2n) is 10.6. The highest BCUT2D eigenvalue weighted by molar-refractivity contribution is 5.78. The predicted molar refractivity (Wildman–Crippen MR) is 147 cm³/mol. The van der Waals surface area contributed by atoms with Crippen molar-refractivity contribution in [1.29, 1.82) is 0 Å². The number of ether oxygens (including phenoxy) is 2. The van der Waals surface area contributed by atoms with Gasteiger partial charge in [-0.15, -0.1) is 0 Å². The average Bonchev–Trinajstić information content (AvgIpc) is 3.16. The number of benzene rings is 2. The molecule has 3 heterocycles. The minimum atomic E-state index is -0.508. The molecule has 5 rings (SSSR count). The number of fused-ring (bicyclic) bond motifs is 1. The van der Waals surface area contributed by atoms with Gasteiger partial charge in [0.15, 0.2) is 0 Å². The molecule has 194 valence electrons. The Morgan fingerprint density at radius 1 is 1.11 bits per heavy atom. The van der Waals surface area contributed by atoms with E-state index in [2.05, 4.69) is 48.3 Å². The van der Waals surface area contributed by atoms with E-state index in [4.69, 9.17) is 14.5 Å². The second-order valence-corrected chi connectivity index (χ2v) is 10.6. The number of anilines is 1. The maximum atomic E-state index is 12.3. The van der Waals surface area contributed by atoms with Crippen LogP contribution in [0.2, 0.25) is 0 Å². The Morgan fingerprint density at radius 3 is 2.78 bits per heavy atom. The third-order valence-corrected chi connectivity index (χ3v) is 7.93. The molecule has 0 aliphatic carbocycles. The molecule has 1 fully saturated rings. The molecule has 2 aliphatic heterocycles. The summed E-state index contributed by atoms with van der Waals surface area (Å²) >= 11 is 0. The molecule has 1 N–H and O–H groups in total. The monoisotopic (exact) mass is 499 g/mol. The normalized spacial score (nSPS) is 19.3. The lowest BCUT2D eigenvalue weighted by Gasteiger charge is -2.23. The van der Waals surface area contributed by atoms with Crippen molar-refractivity contribution in [3.63, 3.8) is 0 Å². The Bertz CT molecular complexity index is 1300. The number of aryl methyl sites for hydroxylation is 1. The summed E-state index contributed by atoms with van der Waals surface area (Å²) in [6.45, 7) is 10.2. The van der Waals surface area contributed by atoms with Crippen molar-refractivity contribution >= 4 is 11.8 Å². The summed E-state index contributed by atoms with van der Waals surface area (Å²) in [6.07, 6.45) is 2.89. The average molecular weight is 500 g/mol. The standard InChI is InChI=1S/C31H37N3O3/c1-21-8-11-28(37-19-24-10-9-23-12-15-32-16-13-25(23)22(24)2)26(18-21)27-6-5-7-29(33-27)34-17-14-31(3,20-34)30(35)36-4/h5-11,18,32H,12-17,19-20H2,1-4H3/t31-/m1/s1. The highest BCUT2D eigenvalue weighted by Crippen LogP contribution is 2.36. The Hall–Kier alpha value is -3.38. The van der Waals surface area contributed by atoms with Gasteiger partial charge in [-0.05, 0) is 99.6 Å². The van der Waals surface area contributed by atoms with Crippen LogP contribution in [-0.2, 0) is 29.0 Å². The lowest BCUT2D eigenvalue weighted by Crippen LogP contribution is -2.33. The van der Waals surface area contributed by atoms with Crippen LogP contribution in [0.4, 0.5) is 5.82 Å². The summed E-state index contributed by atoms with van der Waals surface area (Å²) in [5, 5.41) is 3.50. The van der Waals surface area contributed by atoms with Crippen molar-refractivity contribution in [2.75, 3.05) is 38.2 Å². The number of carbonyl (C=O) groups excluding carboxylic acids is 1. The van der Waals surface area contributed by atoms with Crippen LogP contribution in [-0.4, -0.2) is 44.2 Å². The molecule has 6 nitrogen and oxygen atoms in total. The lowest BCUT2D eigenvalue weighted by atomic mass is 9.90. The molecule has 0 radical (unpaired) electrons. The molecule has 0 unspecified atom stereocenters. The van der Waals surface area contributed by atoms with E-state index in [1.165, 1.54) is 29.4 Å². The zero-order valence-corrected chi connectivity index (χ0v) is 22.4. The van der Waals surface area contributed by atoms with Gasteiger partial charge in [-0.2, -0.15) is 0 Å². The van der Waals surface area contributed by atoms with Crippen LogP contribution in [0.5, 0.6) is 5.75 Å². The Kier molecular flexibility index (Phi) is 7.20. The van der Waals surface area contributed by atoms with E-state index in [1.807, 2.05) is 31.2 Å². The molecule has 0 spiro atoms. The number of pyridine rings is 1. The highest BCUT2D eigenvalue weighted by Gasteiger charge is 2.41. The minimum Gasteiger partial charge on any atom is -0.488 e. The number of hydrogen-bond donors (Lipinski definition) is 1. The van der Waals surface area contributed by atoms with E-state index in [1.54, 1.807) is 0 Å². The number of nitrogens with zero attached hydrogens (tertiary/aromatic N) is 2. The van der Waals surface area contributed by atoms with Crippen LogP contribution >= 0.6 is 0 Å². The van der Waals surface area contributed by atoms with Gasteiger partial charge in [0, 0.05) is 18.7 Å². The molecule has 2 aliphatic rings. The SMILES string of the molecule is COC(=O)[C@]1(C)CCN(c2cccc(-c3cc(C)ccc3OCc3ccc4c(c3C)CCNCC4)n2)C1. The number of nitrogens with one attached hydrogen (secondary N) is 1. The summed E-state index contributed by atoms with van der Waals surface area (Å²) in [5.74, 6) is 1.53. The summed E-state index contributed by atoms with van der Waals surface area (Å²) in [7, 11) is 1.46. The lowest BCUT2D eigenvalue weighted by molar-refractivity contribution is -0.150. The molecule has 37 heavy (non-hydrogen) atoms. The number of rotatable bonds is 6. The van der Waals surface area contributed by atoms with Crippen LogP contribution in [0, 0.1) is 19.3 Å². The van der Waals surface area contributed by atoms with Crippen molar-refractivity contribution in [2.24, 2.45) is 5.41 Å². The number of methoxy groups -OCH3 is 1. The zero-order valence-electron chi connectivity index (χ0n) is 22.4. The van der Waals surface area contributed by atoms with E-state index in [9.17, 15) is 4.79 Å². The summed E-state index contributed by atoms with van der Waals surface area (Å²) < 4.78 is 11.5. The van der Waals surface area contributed by atoms with Crippen molar-refractivity contribution in [1.82, 2.24) is 10.3 Å². The first-order valence-electron chi connectivity index (χ1n) is 13.2. The van der Waals surface area contributed by atoms with Gasteiger partial charge in [-0.1, -0.05) is 29.8 Å². The molecule has 0 amide bonds. The molecule has 1 aromatic heterocycles. The molecule has 3 aromatic rings. The number of hydrogen-bond acceptors (Lipinski definition) is 6. The van der Waals surface area contributed by atoms with E-state index in [-0.39, 0.29) is 5.97 Å². The smallest absolute Gasteiger partial charge is 0.313 e. The van der Waals surface area contributed by atoms with E-state index in [0.717, 1.165) is 67.3 Å². The third-order valence-electron chi connectivity index (χ3n) is 7.93. The summed E-state index contributed by atoms with van der Waals surface area (Å²) in [6, 6.07) is 16.8. The van der Waals surface area contributed by atoms with Crippen molar-refractivity contribution < 1.29 is 14.3 Å². The van der Waals surface area contributed by atoms with Gasteiger partial charge in [0.05, 0.1) is 18.2 Å². The van der Waals surface area contributed by atoms with E-state index >= 15 is 0 Å². The van der Waals surface area contributed by atoms with Gasteiger partial charge in [0.2, 0.25) is 0 Å². The minimum absolute atomic E-state index is 0.162. The first kappa shape index (κ1) is 25.3. The fourth-order valence-corrected chi connectivity index (χ4v) is 5.61. The topological polar surface area (TPSA) is 63.7 Å². The van der Waals surface area contributed by atoms with Crippen LogP contribution < -0.4 is 15.0 Å². The van der Waals surface area contributed by atoms with Crippen molar-refractivity contribution in [3.05, 3.63) is 76.3 Å². The fourth-order valence-electron chi connectivity index (χ4n) is 5.61. The molecule has 0 saturated carbocycles. The maximum Gasteiger partial charge on any atom is 0.313 e. The predicted octanol–water partition coefficient (Wildman–Crippen LogP) is 5.02. The van der Waals surface area contributed by atoms with Crippen LogP contribution in [0.15, 0.2) is 48.5 Å². The zero-order chi connectivity index (χ0) is 26.0. The van der Waals surface area contributed by atoms with E-state index < -0.39 is 5.41 Å². The number of carbonyl (C=O) groups is 1. The Balaban J connectivity index is 1.39. The highest BCUT2D eigenvalue weighted by atomic mass is 16.5. The Morgan fingerprint density at radius 2 is 1.95 bits per heavy atom. The van der Waals surface area contributed by atoms with Gasteiger partial charge in [0.25, 0.3) is 0 Å². The molecular formula is C31H37N3O3. The fraction of sp³-hybridized carbons (Fsp3) is 0.419. The molecule has 6 heteroatoms. The van der Waals surface area contributed by atoms with Gasteiger partial charge in [0.1, 0.15) is 18.2 Å². The first-order valence-corrected chi connectivity index (χ1v) is 13.2. The number of aromatic nitrogens is 1. The largest absolute Gasteiger partial charge is 0.488 e. The molecule has 2 aromatic carbocycles. The van der Waals surface area contributed by atoms with Crippen molar-refractivity contribution in [2.45, 2.75) is 46.6 Å². The molecule has 1 atom stereocenters. The van der Waals surface area contributed by atoms with Crippen LogP contribution in [0.1, 0.15) is 41.2 Å². The van der Waals surface area contributed by atoms with Crippen molar-refractivity contribution in [3.8, 4) is 17.0 Å². The van der Waals surface area contributed by atoms with Gasteiger partial charge >= 0.3 is 5.97 Å². The third kappa shape index (κ3) is 5.21. The first-order chi connectivity index (χ1) is 17.9. The summed E-state index contributed by atoms with van der Waals surface area (Å²) in [5.41, 5.74) is 7.99. The molecular weight excluding hydrogens is 462 g/mol. The van der Waals surface area contributed by atoms with Gasteiger partial charge in [-0.25, -0.2) is 4.98 Å². The summed E-state index contributed by atoms with van der Waals surface area (Å²) in [4.78, 5) is 19.5. The Labute approximate surface area is 220 Å². The second kappa shape index (κ2) is 10.5. The van der Waals surface area contributed by atoms with E-state index in [0.29, 0.717) is 13.2 Å². The van der Waals surface area contributed by atoms with Gasteiger partial charge < -0.3 is 19.7 Å². The quantitative estimate of drug-likeness (QED) is 0.481.